The predicted molar refractivity (Wildman–Crippen MR) is 49.1 cm³/mol. The Kier molecular flexibility index (Phi) is 2.45. The van der Waals surface area contributed by atoms with Crippen molar-refractivity contribution in [2.75, 3.05) is 0 Å². The Balaban J connectivity index is 1.84. The summed E-state index contributed by atoms with van der Waals surface area (Å²) in [5.41, 5.74) is 5.87. The molecule has 1 amide bonds. The first-order valence-electron chi connectivity index (χ1n) is 4.65. The first-order chi connectivity index (χ1) is 6.74. The molecule has 14 heavy (non-hydrogen) atoms. The molecule has 1 saturated carbocycles. The lowest BCUT2D eigenvalue weighted by molar-refractivity contribution is -0.118. The Morgan fingerprint density at radius 3 is 3.14 bits per heavy atom. The highest BCUT2D eigenvalue weighted by Crippen LogP contribution is 2.18. The summed E-state index contributed by atoms with van der Waals surface area (Å²) < 4.78 is 1.45. The van der Waals surface area contributed by atoms with E-state index < -0.39 is 5.91 Å². The molecule has 0 radical (unpaired) electrons. The maximum Gasteiger partial charge on any atom is 0.239 e. The Labute approximate surface area is 81.5 Å². The van der Waals surface area contributed by atoms with Crippen LogP contribution in [0.3, 0.4) is 0 Å². The predicted octanol–water partition coefficient (Wildman–Crippen LogP) is -0.985. The van der Waals surface area contributed by atoms with Crippen LogP contribution in [0.4, 0.5) is 0 Å². The first-order valence-corrected chi connectivity index (χ1v) is 4.65. The number of carbonyl (C=O) groups excluding carboxylic acids is 1. The monoisotopic (exact) mass is 195 g/mol. The SMILES string of the molecule is NC(=O)Cn1cc(CNC2CC2)nn1. The van der Waals surface area contributed by atoms with E-state index in [0.717, 1.165) is 5.69 Å². The lowest BCUT2D eigenvalue weighted by Crippen LogP contribution is -2.19. The molecule has 76 valence electrons. The molecule has 0 saturated heterocycles. The number of amides is 1. The summed E-state index contributed by atoms with van der Waals surface area (Å²) in [4.78, 5) is 10.6. The van der Waals surface area contributed by atoms with Crippen LogP contribution < -0.4 is 11.1 Å². The van der Waals surface area contributed by atoms with Gasteiger partial charge in [-0.25, -0.2) is 4.68 Å². The van der Waals surface area contributed by atoms with E-state index >= 15 is 0 Å². The molecule has 0 atom stereocenters. The highest BCUT2D eigenvalue weighted by atomic mass is 16.1. The van der Waals surface area contributed by atoms with E-state index in [1.165, 1.54) is 17.5 Å². The summed E-state index contributed by atoms with van der Waals surface area (Å²) in [5, 5.41) is 11.0. The van der Waals surface area contributed by atoms with Crippen molar-refractivity contribution >= 4 is 5.91 Å². The van der Waals surface area contributed by atoms with Crippen molar-refractivity contribution in [2.45, 2.75) is 32.0 Å². The highest BCUT2D eigenvalue weighted by Gasteiger charge is 2.20. The largest absolute Gasteiger partial charge is 0.368 e. The van der Waals surface area contributed by atoms with Crippen LogP contribution in [0, 0.1) is 0 Å². The Bertz CT molecular complexity index is 330. The van der Waals surface area contributed by atoms with Gasteiger partial charge in [-0.15, -0.1) is 5.10 Å². The van der Waals surface area contributed by atoms with Crippen LogP contribution in [0.25, 0.3) is 0 Å². The summed E-state index contributed by atoms with van der Waals surface area (Å²) in [5.74, 6) is -0.406. The Morgan fingerprint density at radius 1 is 1.71 bits per heavy atom. The van der Waals surface area contributed by atoms with Gasteiger partial charge in [0, 0.05) is 12.6 Å². The fraction of sp³-hybridized carbons (Fsp3) is 0.625. The summed E-state index contributed by atoms with van der Waals surface area (Å²) >= 11 is 0. The number of rotatable bonds is 5. The van der Waals surface area contributed by atoms with E-state index in [9.17, 15) is 4.79 Å². The fourth-order valence-corrected chi connectivity index (χ4v) is 1.19. The summed E-state index contributed by atoms with van der Waals surface area (Å²) in [6.07, 6.45) is 4.23. The van der Waals surface area contributed by atoms with E-state index in [4.69, 9.17) is 5.73 Å². The van der Waals surface area contributed by atoms with Crippen molar-refractivity contribution in [2.24, 2.45) is 5.73 Å². The van der Waals surface area contributed by atoms with Crippen molar-refractivity contribution in [1.82, 2.24) is 20.3 Å². The third-order valence-electron chi connectivity index (χ3n) is 2.05. The van der Waals surface area contributed by atoms with E-state index in [1.54, 1.807) is 6.20 Å². The van der Waals surface area contributed by atoms with Crippen molar-refractivity contribution in [1.29, 1.82) is 0 Å². The molecule has 6 heteroatoms. The van der Waals surface area contributed by atoms with Crippen molar-refractivity contribution in [3.05, 3.63) is 11.9 Å². The number of hydrogen-bond donors (Lipinski definition) is 2. The highest BCUT2D eigenvalue weighted by molar-refractivity contribution is 5.73. The van der Waals surface area contributed by atoms with Crippen molar-refractivity contribution < 1.29 is 4.79 Å². The van der Waals surface area contributed by atoms with Gasteiger partial charge in [-0.3, -0.25) is 4.79 Å². The molecule has 6 nitrogen and oxygen atoms in total. The zero-order valence-corrected chi connectivity index (χ0v) is 7.81. The summed E-state index contributed by atoms with van der Waals surface area (Å²) in [7, 11) is 0. The quantitative estimate of drug-likeness (QED) is 0.632. The topological polar surface area (TPSA) is 85.8 Å². The molecular weight excluding hydrogens is 182 g/mol. The second kappa shape index (κ2) is 3.75. The van der Waals surface area contributed by atoms with Gasteiger partial charge < -0.3 is 11.1 Å². The lowest BCUT2D eigenvalue weighted by Gasteiger charge is -1.96. The van der Waals surface area contributed by atoms with E-state index in [1.807, 2.05) is 0 Å². The van der Waals surface area contributed by atoms with Crippen LogP contribution >= 0.6 is 0 Å². The molecule has 0 aliphatic heterocycles. The molecule has 1 aromatic rings. The molecule has 1 heterocycles. The number of hydrogen-bond acceptors (Lipinski definition) is 4. The van der Waals surface area contributed by atoms with Crippen molar-refractivity contribution in [3.63, 3.8) is 0 Å². The third-order valence-corrected chi connectivity index (χ3v) is 2.05. The maximum atomic E-state index is 10.6. The van der Waals surface area contributed by atoms with Crippen molar-refractivity contribution in [3.8, 4) is 0 Å². The van der Waals surface area contributed by atoms with E-state index in [-0.39, 0.29) is 6.54 Å². The summed E-state index contributed by atoms with van der Waals surface area (Å²) in [6, 6.07) is 0.649. The standard InChI is InChI=1S/C8H13N5O/c9-8(14)5-13-4-7(11-12-13)3-10-6-1-2-6/h4,6,10H,1-3,5H2,(H2,9,14). The maximum absolute atomic E-state index is 10.6. The molecule has 1 aliphatic carbocycles. The zero-order valence-electron chi connectivity index (χ0n) is 7.81. The van der Waals surface area contributed by atoms with Crippen LogP contribution in [-0.2, 0) is 17.9 Å². The number of carbonyl (C=O) groups is 1. The van der Waals surface area contributed by atoms with Crippen LogP contribution in [0.15, 0.2) is 6.20 Å². The van der Waals surface area contributed by atoms with Gasteiger partial charge in [-0.2, -0.15) is 0 Å². The smallest absolute Gasteiger partial charge is 0.239 e. The molecule has 1 aromatic heterocycles. The van der Waals surface area contributed by atoms with Gasteiger partial charge in [-0.05, 0) is 12.8 Å². The number of nitrogens with two attached hydrogens (primary N) is 1. The Hall–Kier alpha value is -1.43. The normalized spacial score (nSPS) is 15.7. The molecule has 1 aliphatic rings. The molecule has 0 spiro atoms. The second-order valence-corrected chi connectivity index (χ2v) is 3.53. The van der Waals surface area contributed by atoms with Crippen LogP contribution in [-0.4, -0.2) is 26.9 Å². The van der Waals surface area contributed by atoms with Crippen LogP contribution in [0.5, 0.6) is 0 Å². The molecule has 0 bridgehead atoms. The fourth-order valence-electron chi connectivity index (χ4n) is 1.19. The molecule has 3 N–H and O–H groups in total. The average Bonchev–Trinajstić information content (AvgIpc) is 2.84. The van der Waals surface area contributed by atoms with Crippen LogP contribution in [0.1, 0.15) is 18.5 Å². The third kappa shape index (κ3) is 2.53. The molecule has 2 rings (SSSR count). The van der Waals surface area contributed by atoms with Gasteiger partial charge in [0.1, 0.15) is 6.54 Å². The van der Waals surface area contributed by atoms with E-state index in [0.29, 0.717) is 12.6 Å². The van der Waals surface area contributed by atoms with Gasteiger partial charge in [-0.1, -0.05) is 5.21 Å². The summed E-state index contributed by atoms with van der Waals surface area (Å²) in [6.45, 7) is 0.805. The Morgan fingerprint density at radius 2 is 2.50 bits per heavy atom. The number of primary amides is 1. The van der Waals surface area contributed by atoms with Crippen LogP contribution in [0.2, 0.25) is 0 Å². The van der Waals surface area contributed by atoms with Gasteiger partial charge in [0.25, 0.3) is 0 Å². The first kappa shape index (κ1) is 9.14. The van der Waals surface area contributed by atoms with Gasteiger partial charge >= 0.3 is 0 Å². The number of aromatic nitrogens is 3. The zero-order chi connectivity index (χ0) is 9.97. The minimum absolute atomic E-state index is 0.0937. The average molecular weight is 195 g/mol. The number of nitrogens with one attached hydrogen (secondary N) is 1. The van der Waals surface area contributed by atoms with E-state index in [2.05, 4.69) is 15.6 Å². The lowest BCUT2D eigenvalue weighted by atomic mass is 10.4. The molecule has 0 unspecified atom stereocenters. The minimum Gasteiger partial charge on any atom is -0.368 e. The van der Waals surface area contributed by atoms with Gasteiger partial charge in [0.15, 0.2) is 0 Å². The number of nitrogens with zero attached hydrogens (tertiary/aromatic N) is 3. The molecule has 1 fully saturated rings. The van der Waals surface area contributed by atoms with Gasteiger partial charge in [0.2, 0.25) is 5.91 Å². The molecule has 0 aromatic carbocycles. The second-order valence-electron chi connectivity index (χ2n) is 3.53. The van der Waals surface area contributed by atoms with Gasteiger partial charge in [0.05, 0.1) is 11.9 Å². The minimum atomic E-state index is -0.406. The molecular formula is C8H13N5O.